The fourth-order valence-electron chi connectivity index (χ4n) is 2.48. The van der Waals surface area contributed by atoms with Crippen LogP contribution < -0.4 is 5.32 Å². The average molecular weight is 292 g/mol. The van der Waals surface area contributed by atoms with Gasteiger partial charge in [0.25, 0.3) is 0 Å². The second kappa shape index (κ2) is 7.64. The lowest BCUT2D eigenvalue weighted by atomic mass is 10.1. The number of hydrogen-bond acceptors (Lipinski definition) is 4. The molecule has 2 aromatic rings. The minimum absolute atomic E-state index is 0.530. The van der Waals surface area contributed by atoms with Crippen molar-refractivity contribution in [3.8, 4) is 0 Å². The zero-order chi connectivity index (χ0) is 14.4. The predicted molar refractivity (Wildman–Crippen MR) is 85.3 cm³/mol. The first kappa shape index (κ1) is 15.3. The molecular formula is C15H24N4S. The summed E-state index contributed by atoms with van der Waals surface area (Å²) in [5.74, 6) is 0. The Bertz CT molecular complexity index is 519. The molecule has 110 valence electrons. The van der Waals surface area contributed by atoms with Crippen molar-refractivity contribution in [1.29, 1.82) is 0 Å². The molecule has 0 fully saturated rings. The van der Waals surface area contributed by atoms with Gasteiger partial charge in [-0.05, 0) is 31.5 Å². The fourth-order valence-corrected chi connectivity index (χ4v) is 3.67. The third-order valence-electron chi connectivity index (χ3n) is 3.46. The maximum absolute atomic E-state index is 4.33. The van der Waals surface area contributed by atoms with E-state index in [4.69, 9.17) is 0 Å². The van der Waals surface area contributed by atoms with Gasteiger partial charge in [-0.1, -0.05) is 45.0 Å². The molecule has 0 aliphatic rings. The van der Waals surface area contributed by atoms with Crippen LogP contribution in [0.15, 0.2) is 29.6 Å². The lowest BCUT2D eigenvalue weighted by molar-refractivity contribution is 0.465. The molecule has 0 spiro atoms. The Labute approximate surface area is 125 Å². The molecule has 20 heavy (non-hydrogen) atoms. The molecule has 0 aliphatic carbocycles. The molecule has 2 atom stereocenters. The Morgan fingerprint density at radius 2 is 2.10 bits per heavy atom. The molecule has 1 N–H and O–H groups in total. The van der Waals surface area contributed by atoms with Gasteiger partial charge in [-0.3, -0.25) is 4.40 Å². The van der Waals surface area contributed by atoms with Gasteiger partial charge in [0, 0.05) is 17.5 Å². The minimum atomic E-state index is 0.530. The highest BCUT2D eigenvalue weighted by atomic mass is 32.2. The van der Waals surface area contributed by atoms with Crippen LogP contribution >= 0.6 is 11.8 Å². The van der Waals surface area contributed by atoms with E-state index in [0.29, 0.717) is 11.3 Å². The third-order valence-corrected chi connectivity index (χ3v) is 4.91. The van der Waals surface area contributed by atoms with Crippen LogP contribution in [0, 0.1) is 0 Å². The van der Waals surface area contributed by atoms with E-state index < -0.39 is 0 Å². The van der Waals surface area contributed by atoms with Crippen molar-refractivity contribution in [2.45, 2.75) is 56.5 Å². The lowest BCUT2D eigenvalue weighted by Crippen LogP contribution is -2.37. The van der Waals surface area contributed by atoms with Crippen molar-refractivity contribution in [3.05, 3.63) is 24.4 Å². The summed E-state index contributed by atoms with van der Waals surface area (Å²) in [6.45, 7) is 7.68. The van der Waals surface area contributed by atoms with E-state index in [-0.39, 0.29) is 0 Å². The molecule has 5 heteroatoms. The Kier molecular flexibility index (Phi) is 5.86. The van der Waals surface area contributed by atoms with Crippen LogP contribution in [0.1, 0.15) is 40.0 Å². The Hall–Kier alpha value is -1.07. The lowest BCUT2D eigenvalue weighted by Gasteiger charge is -2.25. The van der Waals surface area contributed by atoms with Crippen LogP contribution in [0.5, 0.6) is 0 Å². The number of fused-ring (bicyclic) bond motifs is 1. The van der Waals surface area contributed by atoms with E-state index in [1.54, 1.807) is 0 Å². The summed E-state index contributed by atoms with van der Waals surface area (Å²) in [4.78, 5) is 0. The van der Waals surface area contributed by atoms with E-state index in [2.05, 4.69) is 40.7 Å². The normalized spacial score (nSPS) is 14.6. The summed E-state index contributed by atoms with van der Waals surface area (Å²) in [5.41, 5.74) is 0.917. The van der Waals surface area contributed by atoms with Crippen LogP contribution in [0.2, 0.25) is 0 Å². The molecule has 0 saturated heterocycles. The van der Waals surface area contributed by atoms with Crippen molar-refractivity contribution >= 4 is 17.4 Å². The van der Waals surface area contributed by atoms with Crippen molar-refractivity contribution < 1.29 is 0 Å². The highest BCUT2D eigenvalue weighted by Crippen LogP contribution is 2.28. The van der Waals surface area contributed by atoms with Gasteiger partial charge >= 0.3 is 0 Å². The topological polar surface area (TPSA) is 42.2 Å². The zero-order valence-corrected chi connectivity index (χ0v) is 13.4. The Balaban J connectivity index is 2.16. The van der Waals surface area contributed by atoms with E-state index in [1.165, 1.54) is 12.8 Å². The SMILES string of the molecule is CCCC(NCC)C(CC)Sc1nnc2ccccn12. The Morgan fingerprint density at radius 1 is 1.25 bits per heavy atom. The van der Waals surface area contributed by atoms with E-state index in [1.807, 2.05) is 36.2 Å². The van der Waals surface area contributed by atoms with Crippen molar-refractivity contribution in [1.82, 2.24) is 19.9 Å². The van der Waals surface area contributed by atoms with Gasteiger partial charge in [-0.25, -0.2) is 0 Å². The molecule has 4 nitrogen and oxygen atoms in total. The van der Waals surface area contributed by atoms with Crippen molar-refractivity contribution in [2.75, 3.05) is 6.54 Å². The molecule has 0 radical (unpaired) electrons. The Morgan fingerprint density at radius 3 is 2.80 bits per heavy atom. The van der Waals surface area contributed by atoms with Gasteiger partial charge in [-0.2, -0.15) is 0 Å². The smallest absolute Gasteiger partial charge is 0.195 e. The van der Waals surface area contributed by atoms with Crippen LogP contribution in [-0.2, 0) is 0 Å². The number of rotatable bonds is 8. The molecule has 0 amide bonds. The third kappa shape index (κ3) is 3.52. The minimum Gasteiger partial charge on any atom is -0.313 e. The van der Waals surface area contributed by atoms with Gasteiger partial charge in [0.1, 0.15) is 0 Å². The molecule has 0 saturated carbocycles. The zero-order valence-electron chi connectivity index (χ0n) is 12.5. The molecule has 0 aliphatic heterocycles. The van der Waals surface area contributed by atoms with E-state index in [0.717, 1.165) is 23.8 Å². The maximum Gasteiger partial charge on any atom is 0.195 e. The highest BCUT2D eigenvalue weighted by Gasteiger charge is 2.21. The van der Waals surface area contributed by atoms with Gasteiger partial charge in [-0.15, -0.1) is 10.2 Å². The quantitative estimate of drug-likeness (QED) is 0.757. The first-order chi connectivity index (χ1) is 9.80. The molecule has 2 rings (SSSR count). The van der Waals surface area contributed by atoms with E-state index in [9.17, 15) is 0 Å². The van der Waals surface area contributed by atoms with Crippen LogP contribution in [0.25, 0.3) is 5.65 Å². The van der Waals surface area contributed by atoms with Crippen LogP contribution in [-0.4, -0.2) is 32.4 Å². The monoisotopic (exact) mass is 292 g/mol. The van der Waals surface area contributed by atoms with Gasteiger partial charge in [0.15, 0.2) is 10.8 Å². The number of hydrogen-bond donors (Lipinski definition) is 1. The van der Waals surface area contributed by atoms with Crippen molar-refractivity contribution in [3.63, 3.8) is 0 Å². The summed E-state index contributed by atoms with van der Waals surface area (Å²) >= 11 is 1.84. The molecular weight excluding hydrogens is 268 g/mol. The summed E-state index contributed by atoms with van der Waals surface area (Å²) in [7, 11) is 0. The fraction of sp³-hybridized carbons (Fsp3) is 0.600. The standard InChI is InChI=1S/C15H24N4S/c1-4-9-12(16-6-3)13(5-2)20-15-18-17-14-10-7-8-11-19(14)15/h7-8,10-13,16H,4-6,9H2,1-3H3. The van der Waals surface area contributed by atoms with Gasteiger partial charge in [0.05, 0.1) is 0 Å². The number of aromatic nitrogens is 3. The number of thioether (sulfide) groups is 1. The average Bonchev–Trinajstić information content (AvgIpc) is 2.88. The highest BCUT2D eigenvalue weighted by molar-refractivity contribution is 7.99. The molecule has 2 aromatic heterocycles. The van der Waals surface area contributed by atoms with Gasteiger partial charge < -0.3 is 5.32 Å². The largest absolute Gasteiger partial charge is 0.313 e. The number of pyridine rings is 1. The summed E-state index contributed by atoms with van der Waals surface area (Å²) in [6.07, 6.45) is 5.57. The molecule has 2 unspecified atom stereocenters. The molecule has 2 heterocycles. The summed E-state index contributed by atoms with van der Waals surface area (Å²) in [5, 5.41) is 13.7. The van der Waals surface area contributed by atoms with Crippen LogP contribution in [0.4, 0.5) is 0 Å². The number of nitrogens with zero attached hydrogens (tertiary/aromatic N) is 3. The van der Waals surface area contributed by atoms with Gasteiger partial charge in [0.2, 0.25) is 0 Å². The first-order valence-electron chi connectivity index (χ1n) is 7.49. The van der Waals surface area contributed by atoms with Crippen LogP contribution in [0.3, 0.4) is 0 Å². The molecule has 0 aromatic carbocycles. The maximum atomic E-state index is 4.33. The number of nitrogens with one attached hydrogen (secondary N) is 1. The van der Waals surface area contributed by atoms with Crippen molar-refractivity contribution in [2.24, 2.45) is 0 Å². The first-order valence-corrected chi connectivity index (χ1v) is 8.37. The summed E-state index contributed by atoms with van der Waals surface area (Å²) in [6, 6.07) is 6.55. The predicted octanol–water partition coefficient (Wildman–Crippen LogP) is 3.38. The second-order valence-electron chi connectivity index (χ2n) is 4.93. The summed E-state index contributed by atoms with van der Waals surface area (Å²) < 4.78 is 2.07. The molecule has 0 bridgehead atoms. The van der Waals surface area contributed by atoms with E-state index >= 15 is 0 Å². The second-order valence-corrected chi connectivity index (χ2v) is 6.14.